The highest BCUT2D eigenvalue weighted by atomic mass is 16.5. The molecule has 0 aliphatic carbocycles. The number of nitrogens with one attached hydrogen (secondary N) is 3. The minimum absolute atomic E-state index is 0.0474. The molecule has 0 atom stereocenters. The zero-order valence-corrected chi connectivity index (χ0v) is 14.8. The van der Waals surface area contributed by atoms with Crippen LogP contribution >= 0.6 is 0 Å². The van der Waals surface area contributed by atoms with E-state index in [1.165, 1.54) is 11.2 Å². The van der Waals surface area contributed by atoms with Crippen molar-refractivity contribution in [3.8, 4) is 5.75 Å². The Morgan fingerprint density at radius 1 is 1.04 bits per heavy atom. The Labute approximate surface area is 159 Å². The van der Waals surface area contributed by atoms with Gasteiger partial charge in [0.2, 0.25) is 5.91 Å². The summed E-state index contributed by atoms with van der Waals surface area (Å²) in [5.41, 5.74) is 4.74. The molecule has 146 valence electrons. The summed E-state index contributed by atoms with van der Waals surface area (Å²) in [7, 11) is 0. The first-order valence-corrected chi connectivity index (χ1v) is 8.46. The van der Waals surface area contributed by atoms with Gasteiger partial charge in [0.25, 0.3) is 5.91 Å². The van der Waals surface area contributed by atoms with Gasteiger partial charge in [0.1, 0.15) is 11.5 Å². The van der Waals surface area contributed by atoms with E-state index in [1.807, 2.05) is 5.43 Å². The van der Waals surface area contributed by atoms with Crippen molar-refractivity contribution in [3.05, 3.63) is 48.4 Å². The van der Waals surface area contributed by atoms with E-state index in [-0.39, 0.29) is 32.0 Å². The number of fused-ring (bicyclic) bond motifs is 1. The second kappa shape index (κ2) is 8.71. The standard InChI is InChI=1S/C18H18N4O6/c23-15(20-21-18(26)17(25)19-10-12-4-3-9-27-12)7-8-22-13-5-1-2-6-14(13)28-11-16(22)24/h1-6,9H,7-8,10-11H2,(H,19,25)(H,20,23)(H,21,26). The van der Waals surface area contributed by atoms with Crippen molar-refractivity contribution in [1.82, 2.24) is 16.2 Å². The van der Waals surface area contributed by atoms with Gasteiger partial charge in [0.15, 0.2) is 6.61 Å². The number of hydrogen-bond donors (Lipinski definition) is 3. The maximum absolute atomic E-state index is 12.0. The molecule has 2 heterocycles. The summed E-state index contributed by atoms with van der Waals surface area (Å²) in [4.78, 5) is 48.7. The van der Waals surface area contributed by atoms with Crippen LogP contribution in [0, 0.1) is 0 Å². The van der Waals surface area contributed by atoms with Crippen molar-refractivity contribution in [2.45, 2.75) is 13.0 Å². The van der Waals surface area contributed by atoms with E-state index >= 15 is 0 Å². The maximum Gasteiger partial charge on any atom is 0.327 e. The number of carbonyl (C=O) groups excluding carboxylic acids is 4. The van der Waals surface area contributed by atoms with Crippen LogP contribution < -0.4 is 25.8 Å². The van der Waals surface area contributed by atoms with E-state index in [0.717, 1.165) is 0 Å². The number of rotatable bonds is 5. The molecule has 10 nitrogen and oxygen atoms in total. The lowest BCUT2D eigenvalue weighted by molar-refractivity contribution is -0.141. The highest BCUT2D eigenvalue weighted by Crippen LogP contribution is 2.31. The number of hydrogen-bond acceptors (Lipinski definition) is 6. The number of ether oxygens (including phenoxy) is 1. The molecule has 10 heteroatoms. The summed E-state index contributed by atoms with van der Waals surface area (Å²) in [5, 5.41) is 2.35. The number of furan rings is 1. The Kier molecular flexibility index (Phi) is 5.90. The smallest absolute Gasteiger partial charge is 0.327 e. The van der Waals surface area contributed by atoms with Crippen molar-refractivity contribution in [3.63, 3.8) is 0 Å². The molecule has 1 aliphatic heterocycles. The topological polar surface area (TPSA) is 130 Å². The van der Waals surface area contributed by atoms with Gasteiger partial charge >= 0.3 is 11.8 Å². The van der Waals surface area contributed by atoms with Gasteiger partial charge in [-0.2, -0.15) is 0 Å². The number of benzene rings is 1. The van der Waals surface area contributed by atoms with E-state index < -0.39 is 17.7 Å². The lowest BCUT2D eigenvalue weighted by Crippen LogP contribution is -2.49. The number of amides is 4. The largest absolute Gasteiger partial charge is 0.482 e. The molecule has 2 aromatic rings. The molecule has 4 amide bonds. The third-order valence-electron chi connectivity index (χ3n) is 3.90. The van der Waals surface area contributed by atoms with Gasteiger partial charge in [-0.3, -0.25) is 30.0 Å². The minimum Gasteiger partial charge on any atom is -0.482 e. The Morgan fingerprint density at radius 3 is 2.64 bits per heavy atom. The first-order chi connectivity index (χ1) is 13.5. The second-order valence-electron chi connectivity index (χ2n) is 5.82. The fraction of sp³-hybridized carbons (Fsp3) is 0.222. The SMILES string of the molecule is O=C(CCN1C(=O)COc2ccccc21)NNC(=O)C(=O)NCc1ccco1. The zero-order chi connectivity index (χ0) is 19.9. The summed E-state index contributed by atoms with van der Waals surface area (Å²) in [5.74, 6) is -1.72. The van der Waals surface area contributed by atoms with Crippen molar-refractivity contribution < 1.29 is 28.3 Å². The average Bonchev–Trinajstić information content (AvgIpc) is 3.23. The summed E-state index contributed by atoms with van der Waals surface area (Å²) < 4.78 is 10.4. The van der Waals surface area contributed by atoms with Crippen LogP contribution in [-0.4, -0.2) is 36.8 Å². The van der Waals surface area contributed by atoms with E-state index in [9.17, 15) is 19.2 Å². The van der Waals surface area contributed by atoms with Crippen molar-refractivity contribution in [2.75, 3.05) is 18.1 Å². The molecule has 0 spiro atoms. The molecule has 3 rings (SSSR count). The molecule has 1 aromatic heterocycles. The predicted molar refractivity (Wildman–Crippen MR) is 95.7 cm³/mol. The van der Waals surface area contributed by atoms with Gasteiger partial charge in [0, 0.05) is 13.0 Å². The molecule has 0 fully saturated rings. The van der Waals surface area contributed by atoms with Gasteiger partial charge in [-0.15, -0.1) is 0 Å². The van der Waals surface area contributed by atoms with Gasteiger partial charge in [-0.05, 0) is 24.3 Å². The minimum atomic E-state index is -1.02. The zero-order valence-electron chi connectivity index (χ0n) is 14.8. The molecular weight excluding hydrogens is 368 g/mol. The molecule has 1 aliphatic rings. The van der Waals surface area contributed by atoms with Crippen LogP contribution in [-0.2, 0) is 25.7 Å². The van der Waals surface area contributed by atoms with Crippen molar-refractivity contribution in [2.24, 2.45) is 0 Å². The third-order valence-corrected chi connectivity index (χ3v) is 3.90. The van der Waals surface area contributed by atoms with E-state index in [1.54, 1.807) is 36.4 Å². The highest BCUT2D eigenvalue weighted by molar-refractivity contribution is 6.35. The monoisotopic (exact) mass is 386 g/mol. The fourth-order valence-electron chi connectivity index (χ4n) is 2.52. The molecule has 3 N–H and O–H groups in total. The van der Waals surface area contributed by atoms with Crippen LogP contribution in [0.3, 0.4) is 0 Å². The fourth-order valence-corrected chi connectivity index (χ4v) is 2.52. The molecular formula is C18H18N4O6. The Hall–Kier alpha value is -3.82. The lowest BCUT2D eigenvalue weighted by atomic mass is 10.2. The molecule has 0 radical (unpaired) electrons. The molecule has 0 saturated carbocycles. The van der Waals surface area contributed by atoms with Crippen molar-refractivity contribution >= 4 is 29.3 Å². The summed E-state index contributed by atoms with van der Waals surface area (Å²) in [6.07, 6.45) is 1.37. The van der Waals surface area contributed by atoms with Crippen LogP contribution in [0.15, 0.2) is 47.1 Å². The first-order valence-electron chi connectivity index (χ1n) is 8.46. The number of nitrogens with zero attached hydrogens (tertiary/aromatic N) is 1. The Balaban J connectivity index is 1.42. The molecule has 0 bridgehead atoms. The average molecular weight is 386 g/mol. The van der Waals surface area contributed by atoms with Gasteiger partial charge in [0.05, 0.1) is 18.5 Å². The van der Waals surface area contributed by atoms with Crippen LogP contribution in [0.4, 0.5) is 5.69 Å². The second-order valence-corrected chi connectivity index (χ2v) is 5.82. The molecule has 1 aromatic carbocycles. The normalized spacial score (nSPS) is 12.6. The van der Waals surface area contributed by atoms with Crippen LogP contribution in [0.25, 0.3) is 0 Å². The van der Waals surface area contributed by atoms with Gasteiger partial charge in [-0.1, -0.05) is 12.1 Å². The Morgan fingerprint density at radius 2 is 1.86 bits per heavy atom. The summed E-state index contributed by atoms with van der Waals surface area (Å²) in [6, 6.07) is 10.3. The number of carbonyl (C=O) groups is 4. The molecule has 0 unspecified atom stereocenters. The first kappa shape index (κ1) is 19.0. The van der Waals surface area contributed by atoms with Crippen molar-refractivity contribution in [1.29, 1.82) is 0 Å². The van der Waals surface area contributed by atoms with Gasteiger partial charge < -0.3 is 19.4 Å². The number of anilines is 1. The van der Waals surface area contributed by atoms with Gasteiger partial charge in [-0.25, -0.2) is 0 Å². The lowest BCUT2D eigenvalue weighted by Gasteiger charge is -2.29. The molecule has 0 saturated heterocycles. The number of para-hydroxylation sites is 2. The summed E-state index contributed by atoms with van der Waals surface area (Å²) >= 11 is 0. The third kappa shape index (κ3) is 4.67. The maximum atomic E-state index is 12.0. The quantitative estimate of drug-likeness (QED) is 0.484. The molecule has 28 heavy (non-hydrogen) atoms. The van der Waals surface area contributed by atoms with E-state index in [2.05, 4.69) is 10.7 Å². The summed E-state index contributed by atoms with van der Waals surface area (Å²) in [6.45, 7) is 0.0442. The predicted octanol–water partition coefficient (Wildman–Crippen LogP) is -0.141. The Bertz CT molecular complexity index is 880. The van der Waals surface area contributed by atoms with Crippen LogP contribution in [0.5, 0.6) is 5.75 Å². The highest BCUT2D eigenvalue weighted by Gasteiger charge is 2.25. The van der Waals surface area contributed by atoms with Crippen LogP contribution in [0.1, 0.15) is 12.2 Å². The van der Waals surface area contributed by atoms with E-state index in [4.69, 9.17) is 9.15 Å². The number of hydrazine groups is 1. The van der Waals surface area contributed by atoms with E-state index in [0.29, 0.717) is 17.2 Å². The van der Waals surface area contributed by atoms with Crippen LogP contribution in [0.2, 0.25) is 0 Å².